The van der Waals surface area contributed by atoms with Crippen molar-refractivity contribution < 1.29 is 9.59 Å². The fourth-order valence-corrected chi connectivity index (χ4v) is 4.12. The number of fused-ring (bicyclic) bond motifs is 1. The van der Waals surface area contributed by atoms with Crippen molar-refractivity contribution in [1.29, 1.82) is 0 Å². The highest BCUT2D eigenvalue weighted by molar-refractivity contribution is 14.1. The van der Waals surface area contributed by atoms with Gasteiger partial charge in [0.1, 0.15) is 0 Å². The van der Waals surface area contributed by atoms with Crippen LogP contribution in [0, 0.1) is 3.57 Å². The molecule has 1 heterocycles. The van der Waals surface area contributed by atoms with Gasteiger partial charge in [-0.2, -0.15) is 0 Å². The van der Waals surface area contributed by atoms with Gasteiger partial charge in [-0.25, -0.2) is 0 Å². The number of hydrogen-bond acceptors (Lipinski definition) is 3. The lowest BCUT2D eigenvalue weighted by molar-refractivity contribution is -0.123. The molecule has 3 aromatic rings. The van der Waals surface area contributed by atoms with Crippen LogP contribution in [-0.4, -0.2) is 16.0 Å². The van der Waals surface area contributed by atoms with Crippen molar-refractivity contribution in [1.82, 2.24) is 4.90 Å². The molecule has 0 spiro atoms. The summed E-state index contributed by atoms with van der Waals surface area (Å²) in [5.41, 5.74) is 1.89. The van der Waals surface area contributed by atoms with Crippen LogP contribution < -0.4 is 0 Å². The van der Waals surface area contributed by atoms with Gasteiger partial charge in [-0.1, -0.05) is 54.6 Å². The molecule has 3 nitrogen and oxygen atoms in total. The molecule has 0 N–H and O–H groups in total. The summed E-state index contributed by atoms with van der Waals surface area (Å²) in [6, 6.07) is 21.8. The predicted octanol–water partition coefficient (Wildman–Crippen LogP) is 5.68. The molecule has 1 aliphatic rings. The van der Waals surface area contributed by atoms with Gasteiger partial charge in [0, 0.05) is 3.57 Å². The Balaban J connectivity index is 1.64. The second kappa shape index (κ2) is 7.25. The molecule has 4 rings (SSSR count). The van der Waals surface area contributed by atoms with E-state index < -0.39 is 0 Å². The Morgan fingerprint density at radius 1 is 0.923 bits per heavy atom. The highest BCUT2D eigenvalue weighted by Gasteiger charge is 2.35. The predicted molar refractivity (Wildman–Crippen MR) is 115 cm³/mol. The molecule has 5 heteroatoms. The summed E-state index contributed by atoms with van der Waals surface area (Å²) < 4.78 is 1.12. The molecule has 0 bridgehead atoms. The van der Waals surface area contributed by atoms with Gasteiger partial charge in [0.05, 0.1) is 11.4 Å². The Morgan fingerprint density at radius 3 is 2.46 bits per heavy atom. The van der Waals surface area contributed by atoms with Crippen LogP contribution in [0.3, 0.4) is 0 Å². The molecule has 0 aromatic heterocycles. The molecule has 0 unspecified atom stereocenters. The smallest absolute Gasteiger partial charge is 0.268 e. The summed E-state index contributed by atoms with van der Waals surface area (Å²) in [5, 5.41) is 1.96. The van der Waals surface area contributed by atoms with E-state index in [0.29, 0.717) is 11.4 Å². The Morgan fingerprint density at radius 2 is 1.65 bits per heavy atom. The van der Waals surface area contributed by atoms with Gasteiger partial charge in [-0.15, -0.1) is 0 Å². The third-order valence-corrected chi connectivity index (χ3v) is 5.86. The number of carbonyl (C=O) groups is 2. The molecular weight excluding hydrogens is 457 g/mol. The van der Waals surface area contributed by atoms with Crippen LogP contribution in [0.25, 0.3) is 16.8 Å². The van der Waals surface area contributed by atoms with E-state index in [-0.39, 0.29) is 11.1 Å². The SMILES string of the molecule is O=C1S/C(=C/c2cccc3ccccc23)C(=O)N1Cc1ccc(I)cc1. The second-order valence-corrected chi connectivity index (χ2v) is 8.20. The molecule has 3 aromatic carbocycles. The van der Waals surface area contributed by atoms with Crippen LogP contribution >= 0.6 is 34.4 Å². The molecule has 1 fully saturated rings. The fourth-order valence-electron chi connectivity index (χ4n) is 2.93. The second-order valence-electron chi connectivity index (χ2n) is 5.96. The third kappa shape index (κ3) is 3.41. The number of carbonyl (C=O) groups excluding carboxylic acids is 2. The first-order valence-corrected chi connectivity index (χ1v) is 9.99. The number of hydrogen-bond donors (Lipinski definition) is 0. The minimum atomic E-state index is -0.230. The lowest BCUT2D eigenvalue weighted by atomic mass is 10.0. The number of thioether (sulfide) groups is 1. The maximum absolute atomic E-state index is 12.7. The van der Waals surface area contributed by atoms with Gasteiger partial charge in [-0.05, 0) is 74.5 Å². The summed E-state index contributed by atoms with van der Waals surface area (Å²) >= 11 is 3.24. The Labute approximate surface area is 169 Å². The molecule has 1 aliphatic heterocycles. The number of rotatable bonds is 3. The van der Waals surface area contributed by atoms with Gasteiger partial charge < -0.3 is 0 Å². The zero-order valence-corrected chi connectivity index (χ0v) is 16.7. The van der Waals surface area contributed by atoms with Crippen molar-refractivity contribution in [2.75, 3.05) is 0 Å². The summed E-state index contributed by atoms with van der Waals surface area (Å²) in [6.07, 6.45) is 1.82. The topological polar surface area (TPSA) is 37.4 Å². The molecule has 0 aliphatic carbocycles. The molecule has 0 saturated carbocycles. The van der Waals surface area contributed by atoms with Crippen molar-refractivity contribution >= 4 is 62.3 Å². The molecule has 2 amide bonds. The van der Waals surface area contributed by atoms with E-state index in [1.54, 1.807) is 0 Å². The van der Waals surface area contributed by atoms with E-state index in [1.807, 2.05) is 72.8 Å². The highest BCUT2D eigenvalue weighted by atomic mass is 127. The van der Waals surface area contributed by atoms with Crippen molar-refractivity contribution in [2.24, 2.45) is 0 Å². The van der Waals surface area contributed by atoms with Gasteiger partial charge in [-0.3, -0.25) is 14.5 Å². The first-order chi connectivity index (χ1) is 12.6. The highest BCUT2D eigenvalue weighted by Crippen LogP contribution is 2.34. The van der Waals surface area contributed by atoms with Gasteiger partial charge in [0.15, 0.2) is 0 Å². The number of halogens is 1. The average Bonchev–Trinajstić information content (AvgIpc) is 2.91. The molecule has 26 heavy (non-hydrogen) atoms. The third-order valence-electron chi connectivity index (χ3n) is 4.24. The van der Waals surface area contributed by atoms with Gasteiger partial charge >= 0.3 is 0 Å². The van der Waals surface area contributed by atoms with Crippen LogP contribution in [0.15, 0.2) is 71.6 Å². The van der Waals surface area contributed by atoms with Crippen molar-refractivity contribution in [3.63, 3.8) is 0 Å². The number of nitrogens with zero attached hydrogens (tertiary/aromatic N) is 1. The molecule has 128 valence electrons. The maximum Gasteiger partial charge on any atom is 0.293 e. The molecule has 0 atom stereocenters. The van der Waals surface area contributed by atoms with Crippen molar-refractivity contribution in [3.05, 3.63) is 86.3 Å². The van der Waals surface area contributed by atoms with E-state index in [1.165, 1.54) is 4.90 Å². The fraction of sp³-hybridized carbons (Fsp3) is 0.0476. The minimum Gasteiger partial charge on any atom is -0.268 e. The zero-order chi connectivity index (χ0) is 18.1. The van der Waals surface area contributed by atoms with Crippen LogP contribution in [0.5, 0.6) is 0 Å². The minimum absolute atomic E-state index is 0.222. The van der Waals surface area contributed by atoms with Crippen LogP contribution in [0.4, 0.5) is 4.79 Å². The normalized spacial score (nSPS) is 16.0. The number of benzene rings is 3. The van der Waals surface area contributed by atoms with E-state index in [0.717, 1.165) is 37.2 Å². The van der Waals surface area contributed by atoms with E-state index in [2.05, 4.69) is 22.6 Å². The quantitative estimate of drug-likeness (QED) is 0.365. The van der Waals surface area contributed by atoms with Gasteiger partial charge in [0.25, 0.3) is 11.1 Å². The first-order valence-electron chi connectivity index (χ1n) is 8.09. The molecule has 0 radical (unpaired) electrons. The monoisotopic (exact) mass is 471 g/mol. The first kappa shape index (κ1) is 17.3. The van der Waals surface area contributed by atoms with Crippen LogP contribution in [0.2, 0.25) is 0 Å². The Kier molecular flexibility index (Phi) is 4.82. The summed E-state index contributed by atoms with van der Waals surface area (Å²) in [7, 11) is 0. The van der Waals surface area contributed by atoms with Crippen LogP contribution in [-0.2, 0) is 11.3 Å². The van der Waals surface area contributed by atoms with E-state index in [4.69, 9.17) is 0 Å². The number of amides is 2. The summed E-state index contributed by atoms with van der Waals surface area (Å²) in [5.74, 6) is -0.230. The van der Waals surface area contributed by atoms with Crippen molar-refractivity contribution in [2.45, 2.75) is 6.54 Å². The van der Waals surface area contributed by atoms with Gasteiger partial charge in [0.2, 0.25) is 0 Å². The standard InChI is InChI=1S/C21H14INO2S/c22-17-10-8-14(9-11-17)13-23-20(24)19(26-21(23)25)12-16-6-3-5-15-4-1-2-7-18(15)16/h1-12H,13H2/b19-12+. The lowest BCUT2D eigenvalue weighted by Crippen LogP contribution is -2.27. The lowest BCUT2D eigenvalue weighted by Gasteiger charge is -2.12. The average molecular weight is 471 g/mol. The van der Waals surface area contributed by atoms with E-state index in [9.17, 15) is 9.59 Å². The Hall–Kier alpha value is -2.12. The maximum atomic E-state index is 12.7. The van der Waals surface area contributed by atoms with Crippen LogP contribution in [0.1, 0.15) is 11.1 Å². The van der Waals surface area contributed by atoms with Crippen molar-refractivity contribution in [3.8, 4) is 0 Å². The molecular formula is C21H14INO2S. The Bertz CT molecular complexity index is 1040. The summed E-state index contributed by atoms with van der Waals surface area (Å²) in [4.78, 5) is 26.9. The summed E-state index contributed by atoms with van der Waals surface area (Å²) in [6.45, 7) is 0.300. The largest absolute Gasteiger partial charge is 0.293 e. The van der Waals surface area contributed by atoms with E-state index >= 15 is 0 Å². The number of imide groups is 1. The molecule has 1 saturated heterocycles. The zero-order valence-electron chi connectivity index (χ0n) is 13.7.